The Morgan fingerprint density at radius 2 is 2.00 bits per heavy atom. The number of nitrogens with one attached hydrogen (secondary N) is 1. The molecule has 0 unspecified atom stereocenters. The van der Waals surface area contributed by atoms with Crippen molar-refractivity contribution in [1.29, 1.82) is 0 Å². The largest absolute Gasteiger partial charge is 0.348 e. The van der Waals surface area contributed by atoms with E-state index in [4.69, 9.17) is 4.98 Å². The summed E-state index contributed by atoms with van der Waals surface area (Å²) in [4.78, 5) is 7.25. The molecule has 4 heteroatoms. The van der Waals surface area contributed by atoms with Gasteiger partial charge in [-0.3, -0.25) is 0 Å². The van der Waals surface area contributed by atoms with Crippen molar-refractivity contribution in [2.45, 2.75) is 47.1 Å². The van der Waals surface area contributed by atoms with Gasteiger partial charge < -0.3 is 10.2 Å². The van der Waals surface area contributed by atoms with Crippen LogP contribution >= 0.6 is 11.3 Å². The maximum Gasteiger partial charge on any atom is 0.185 e. The summed E-state index contributed by atoms with van der Waals surface area (Å²) in [6.45, 7) is 13.5. The molecule has 0 atom stereocenters. The quantitative estimate of drug-likeness (QED) is 0.866. The number of anilines is 1. The third-order valence-corrected chi connectivity index (χ3v) is 5.10. The molecule has 2 rings (SSSR count). The van der Waals surface area contributed by atoms with Crippen LogP contribution in [0.2, 0.25) is 0 Å². The van der Waals surface area contributed by atoms with Gasteiger partial charge in [-0.25, -0.2) is 4.98 Å². The lowest BCUT2D eigenvalue weighted by Crippen LogP contribution is -2.35. The number of nitrogens with zero attached hydrogens (tertiary/aromatic N) is 2. The van der Waals surface area contributed by atoms with Crippen molar-refractivity contribution < 1.29 is 0 Å². The van der Waals surface area contributed by atoms with E-state index in [2.05, 4.69) is 43.3 Å². The van der Waals surface area contributed by atoms with Crippen molar-refractivity contribution in [2.75, 3.05) is 24.5 Å². The fourth-order valence-corrected chi connectivity index (χ4v) is 3.65. The predicted octanol–water partition coefficient (Wildman–Crippen LogP) is 3.76. The zero-order valence-electron chi connectivity index (χ0n) is 13.4. The van der Waals surface area contributed by atoms with Crippen LogP contribution in [0.15, 0.2) is 5.38 Å². The minimum Gasteiger partial charge on any atom is -0.348 e. The summed E-state index contributed by atoms with van der Waals surface area (Å²) >= 11 is 1.80. The second-order valence-corrected chi connectivity index (χ2v) is 7.55. The van der Waals surface area contributed by atoms with E-state index in [0.717, 1.165) is 24.9 Å². The highest BCUT2D eigenvalue weighted by atomic mass is 32.1. The molecule has 0 aromatic carbocycles. The topological polar surface area (TPSA) is 28.2 Å². The van der Waals surface area contributed by atoms with Gasteiger partial charge in [0.2, 0.25) is 0 Å². The molecule has 0 aliphatic carbocycles. The summed E-state index contributed by atoms with van der Waals surface area (Å²) in [5, 5.41) is 6.89. The minimum absolute atomic E-state index is 0.697. The molecule has 2 heterocycles. The SMILES string of the molecule is CC(C)CNCc1csc(N2CCC(C(C)C)CC2)n1. The first-order valence-electron chi connectivity index (χ1n) is 7.96. The number of hydrogen-bond donors (Lipinski definition) is 1. The normalized spacial score (nSPS) is 17.4. The molecule has 0 radical (unpaired) electrons. The monoisotopic (exact) mass is 295 g/mol. The molecule has 1 saturated heterocycles. The zero-order valence-corrected chi connectivity index (χ0v) is 14.2. The predicted molar refractivity (Wildman–Crippen MR) is 88.4 cm³/mol. The van der Waals surface area contributed by atoms with E-state index in [9.17, 15) is 0 Å². The third-order valence-electron chi connectivity index (χ3n) is 4.15. The van der Waals surface area contributed by atoms with E-state index < -0.39 is 0 Å². The molecule has 1 aliphatic heterocycles. The van der Waals surface area contributed by atoms with E-state index in [1.165, 1.54) is 36.8 Å². The van der Waals surface area contributed by atoms with Crippen LogP contribution in [0.3, 0.4) is 0 Å². The molecule has 0 amide bonds. The Morgan fingerprint density at radius 1 is 1.30 bits per heavy atom. The number of piperidine rings is 1. The van der Waals surface area contributed by atoms with Crippen molar-refractivity contribution in [3.63, 3.8) is 0 Å². The lowest BCUT2D eigenvalue weighted by molar-refractivity contribution is 0.311. The average molecular weight is 295 g/mol. The van der Waals surface area contributed by atoms with Crippen molar-refractivity contribution in [3.05, 3.63) is 11.1 Å². The summed E-state index contributed by atoms with van der Waals surface area (Å²) in [7, 11) is 0. The van der Waals surface area contributed by atoms with Gasteiger partial charge in [0, 0.05) is 25.0 Å². The minimum atomic E-state index is 0.697. The molecule has 3 nitrogen and oxygen atoms in total. The Labute approximate surface area is 127 Å². The van der Waals surface area contributed by atoms with Gasteiger partial charge in [-0.2, -0.15) is 0 Å². The smallest absolute Gasteiger partial charge is 0.185 e. The lowest BCUT2D eigenvalue weighted by Gasteiger charge is -2.33. The Kier molecular flexibility index (Phi) is 5.85. The van der Waals surface area contributed by atoms with Crippen LogP contribution in [0.25, 0.3) is 0 Å². The Bertz CT molecular complexity index is 392. The van der Waals surface area contributed by atoms with Crippen molar-refractivity contribution >= 4 is 16.5 Å². The van der Waals surface area contributed by atoms with E-state index in [0.29, 0.717) is 5.92 Å². The van der Waals surface area contributed by atoms with Gasteiger partial charge in [-0.1, -0.05) is 27.7 Å². The van der Waals surface area contributed by atoms with Crippen LogP contribution in [0.5, 0.6) is 0 Å². The van der Waals surface area contributed by atoms with Crippen molar-refractivity contribution in [2.24, 2.45) is 17.8 Å². The molecule has 0 saturated carbocycles. The molecular weight excluding hydrogens is 266 g/mol. The second kappa shape index (κ2) is 7.41. The highest BCUT2D eigenvalue weighted by molar-refractivity contribution is 7.13. The lowest BCUT2D eigenvalue weighted by atomic mass is 9.87. The maximum absolute atomic E-state index is 4.78. The van der Waals surface area contributed by atoms with Crippen LogP contribution in [-0.2, 0) is 6.54 Å². The first-order valence-corrected chi connectivity index (χ1v) is 8.84. The summed E-state index contributed by atoms with van der Waals surface area (Å²) < 4.78 is 0. The highest BCUT2D eigenvalue weighted by Gasteiger charge is 2.23. The molecule has 0 bridgehead atoms. The van der Waals surface area contributed by atoms with Crippen LogP contribution in [0, 0.1) is 17.8 Å². The Hall–Kier alpha value is -0.610. The first-order chi connectivity index (χ1) is 9.56. The number of hydrogen-bond acceptors (Lipinski definition) is 4. The van der Waals surface area contributed by atoms with Crippen LogP contribution in [-0.4, -0.2) is 24.6 Å². The van der Waals surface area contributed by atoms with Gasteiger partial charge in [-0.05, 0) is 37.1 Å². The van der Waals surface area contributed by atoms with Crippen LogP contribution < -0.4 is 10.2 Å². The number of rotatable bonds is 6. The molecule has 0 spiro atoms. The molecule has 20 heavy (non-hydrogen) atoms. The summed E-state index contributed by atoms with van der Waals surface area (Å²) in [5.74, 6) is 2.42. The molecule has 1 aromatic heterocycles. The maximum atomic E-state index is 4.78. The summed E-state index contributed by atoms with van der Waals surface area (Å²) in [6, 6.07) is 0. The van der Waals surface area contributed by atoms with Gasteiger partial charge in [0.25, 0.3) is 0 Å². The van der Waals surface area contributed by atoms with E-state index in [1.54, 1.807) is 11.3 Å². The fraction of sp³-hybridized carbons (Fsp3) is 0.812. The van der Waals surface area contributed by atoms with Crippen molar-refractivity contribution in [1.82, 2.24) is 10.3 Å². The fourth-order valence-electron chi connectivity index (χ4n) is 2.77. The molecule has 1 fully saturated rings. The number of thiazole rings is 1. The van der Waals surface area contributed by atoms with E-state index >= 15 is 0 Å². The third kappa shape index (κ3) is 4.45. The van der Waals surface area contributed by atoms with Gasteiger partial charge in [0.05, 0.1) is 5.69 Å². The number of aromatic nitrogens is 1. The Balaban J connectivity index is 1.81. The summed E-state index contributed by atoms with van der Waals surface area (Å²) in [6.07, 6.45) is 2.64. The van der Waals surface area contributed by atoms with Gasteiger partial charge >= 0.3 is 0 Å². The van der Waals surface area contributed by atoms with Gasteiger partial charge in [-0.15, -0.1) is 11.3 Å². The van der Waals surface area contributed by atoms with Crippen LogP contribution in [0.4, 0.5) is 5.13 Å². The van der Waals surface area contributed by atoms with E-state index in [1.807, 2.05) is 0 Å². The second-order valence-electron chi connectivity index (χ2n) is 6.71. The molecule has 1 aromatic rings. The Morgan fingerprint density at radius 3 is 2.60 bits per heavy atom. The average Bonchev–Trinajstić information content (AvgIpc) is 2.87. The van der Waals surface area contributed by atoms with Crippen LogP contribution in [0.1, 0.15) is 46.2 Å². The molecule has 114 valence electrons. The standard InChI is InChI=1S/C16H29N3S/c1-12(2)9-17-10-15-11-20-16(18-15)19-7-5-14(6-8-19)13(3)4/h11-14,17H,5-10H2,1-4H3. The first kappa shape index (κ1) is 15.8. The van der Waals surface area contributed by atoms with Crippen molar-refractivity contribution in [3.8, 4) is 0 Å². The van der Waals surface area contributed by atoms with Gasteiger partial charge in [0.1, 0.15) is 0 Å². The summed E-state index contributed by atoms with van der Waals surface area (Å²) in [5.41, 5.74) is 1.19. The van der Waals surface area contributed by atoms with E-state index in [-0.39, 0.29) is 0 Å². The molecule has 1 aliphatic rings. The molecule has 1 N–H and O–H groups in total. The highest BCUT2D eigenvalue weighted by Crippen LogP contribution is 2.29. The van der Waals surface area contributed by atoms with Gasteiger partial charge in [0.15, 0.2) is 5.13 Å². The zero-order chi connectivity index (χ0) is 14.5. The molecular formula is C16H29N3S.